The minimum atomic E-state index is -3.72. The van der Waals surface area contributed by atoms with Crippen molar-refractivity contribution >= 4 is 14.9 Å². The lowest BCUT2D eigenvalue weighted by molar-refractivity contribution is 0.607. The van der Waals surface area contributed by atoms with E-state index in [1.807, 2.05) is 0 Å². The predicted molar refractivity (Wildman–Crippen MR) is 57.2 cm³/mol. The van der Waals surface area contributed by atoms with Gasteiger partial charge in [-0.2, -0.15) is 5.26 Å². The quantitative estimate of drug-likeness (QED) is 0.561. The number of sulfone groups is 1. The SMILES string of the molecule is CC/N=C(\C#N)S(=O)(=O)c1ccccc1. The molecule has 0 aliphatic heterocycles. The van der Waals surface area contributed by atoms with Gasteiger partial charge in [0.25, 0.3) is 0 Å². The molecule has 0 bridgehead atoms. The molecule has 1 aromatic rings. The highest BCUT2D eigenvalue weighted by atomic mass is 32.2. The normalized spacial score (nSPS) is 12.1. The van der Waals surface area contributed by atoms with Crippen LogP contribution >= 0.6 is 0 Å². The minimum absolute atomic E-state index is 0.0961. The minimum Gasteiger partial charge on any atom is -0.264 e. The Morgan fingerprint density at radius 3 is 2.47 bits per heavy atom. The molecule has 0 radical (unpaired) electrons. The van der Waals surface area contributed by atoms with Gasteiger partial charge in [-0.15, -0.1) is 0 Å². The van der Waals surface area contributed by atoms with Crippen LogP contribution in [0.15, 0.2) is 40.2 Å². The predicted octanol–water partition coefficient (Wildman–Crippen LogP) is 1.40. The average Bonchev–Trinajstić information content (AvgIpc) is 2.27. The van der Waals surface area contributed by atoms with Crippen LogP contribution in [0, 0.1) is 11.3 Å². The van der Waals surface area contributed by atoms with E-state index in [-0.39, 0.29) is 11.4 Å². The van der Waals surface area contributed by atoms with Gasteiger partial charge in [-0.1, -0.05) is 18.2 Å². The fourth-order valence-corrected chi connectivity index (χ4v) is 2.19. The first kappa shape index (κ1) is 11.4. The van der Waals surface area contributed by atoms with Gasteiger partial charge in [0, 0.05) is 6.54 Å². The van der Waals surface area contributed by atoms with Crippen molar-refractivity contribution < 1.29 is 8.42 Å². The van der Waals surface area contributed by atoms with Gasteiger partial charge >= 0.3 is 0 Å². The van der Waals surface area contributed by atoms with E-state index >= 15 is 0 Å². The molecular formula is C10H10N2O2S. The Hall–Kier alpha value is -1.67. The van der Waals surface area contributed by atoms with Crippen molar-refractivity contribution in [2.24, 2.45) is 4.99 Å². The van der Waals surface area contributed by atoms with E-state index < -0.39 is 14.9 Å². The Bertz CT molecular complexity index is 498. The molecule has 0 aliphatic carbocycles. The van der Waals surface area contributed by atoms with E-state index in [9.17, 15) is 8.42 Å². The Kier molecular flexibility index (Phi) is 3.58. The lowest BCUT2D eigenvalue weighted by Crippen LogP contribution is -2.13. The molecule has 1 aromatic carbocycles. The summed E-state index contributed by atoms with van der Waals surface area (Å²) in [4.78, 5) is 3.75. The number of nitrogens with zero attached hydrogens (tertiary/aromatic N) is 2. The van der Waals surface area contributed by atoms with Gasteiger partial charge in [0.2, 0.25) is 14.9 Å². The molecule has 0 saturated heterocycles. The van der Waals surface area contributed by atoms with Crippen LogP contribution in [0.1, 0.15) is 6.92 Å². The first-order chi connectivity index (χ1) is 7.12. The van der Waals surface area contributed by atoms with Crippen molar-refractivity contribution in [3.05, 3.63) is 30.3 Å². The molecule has 0 heterocycles. The Balaban J connectivity index is 3.27. The van der Waals surface area contributed by atoms with E-state index in [0.717, 1.165) is 0 Å². The molecule has 15 heavy (non-hydrogen) atoms. The van der Waals surface area contributed by atoms with Crippen molar-refractivity contribution in [2.45, 2.75) is 11.8 Å². The summed E-state index contributed by atoms with van der Waals surface area (Å²) in [5, 5.41) is 8.26. The second-order valence-electron chi connectivity index (χ2n) is 2.71. The number of hydrogen-bond acceptors (Lipinski definition) is 4. The lowest BCUT2D eigenvalue weighted by Gasteiger charge is -2.00. The molecule has 0 aliphatic rings. The molecule has 4 nitrogen and oxygen atoms in total. The molecule has 5 heteroatoms. The zero-order valence-electron chi connectivity index (χ0n) is 8.21. The highest BCUT2D eigenvalue weighted by molar-refractivity contribution is 8.07. The molecule has 78 valence electrons. The van der Waals surface area contributed by atoms with Crippen LogP contribution in [0.25, 0.3) is 0 Å². The van der Waals surface area contributed by atoms with E-state index in [2.05, 4.69) is 4.99 Å². The monoisotopic (exact) mass is 222 g/mol. The first-order valence-corrected chi connectivity index (χ1v) is 5.86. The lowest BCUT2D eigenvalue weighted by atomic mass is 10.4. The number of aliphatic imine (C=N–C) groups is 1. The largest absolute Gasteiger partial charge is 0.264 e. The fourth-order valence-electron chi connectivity index (χ4n) is 1.04. The van der Waals surface area contributed by atoms with Gasteiger partial charge in [-0.05, 0) is 19.1 Å². The Morgan fingerprint density at radius 1 is 1.40 bits per heavy atom. The fraction of sp³-hybridized carbons (Fsp3) is 0.200. The van der Waals surface area contributed by atoms with Gasteiger partial charge in [0.15, 0.2) is 0 Å². The third-order valence-corrected chi connectivity index (χ3v) is 3.33. The van der Waals surface area contributed by atoms with E-state index in [4.69, 9.17) is 5.26 Å². The maximum absolute atomic E-state index is 11.8. The van der Waals surface area contributed by atoms with Gasteiger partial charge in [0.05, 0.1) is 4.90 Å². The number of benzene rings is 1. The van der Waals surface area contributed by atoms with Crippen molar-refractivity contribution in [3.63, 3.8) is 0 Å². The summed E-state index contributed by atoms with van der Waals surface area (Å²) in [6, 6.07) is 9.41. The maximum Gasteiger partial charge on any atom is 0.233 e. The van der Waals surface area contributed by atoms with Crippen LogP contribution in [-0.2, 0) is 9.84 Å². The summed E-state index contributed by atoms with van der Waals surface area (Å²) in [5.41, 5.74) is 0. The highest BCUT2D eigenvalue weighted by Gasteiger charge is 2.21. The second kappa shape index (κ2) is 4.71. The van der Waals surface area contributed by atoms with Crippen LogP contribution in [0.5, 0.6) is 0 Å². The van der Waals surface area contributed by atoms with Gasteiger partial charge in [0.1, 0.15) is 6.07 Å². The van der Waals surface area contributed by atoms with E-state index in [1.165, 1.54) is 12.1 Å². The molecule has 0 N–H and O–H groups in total. The first-order valence-electron chi connectivity index (χ1n) is 4.37. The van der Waals surface area contributed by atoms with Gasteiger partial charge < -0.3 is 0 Å². The summed E-state index contributed by atoms with van der Waals surface area (Å²) in [6.45, 7) is 1.95. The van der Waals surface area contributed by atoms with E-state index in [1.54, 1.807) is 31.2 Å². The number of nitriles is 1. The summed E-state index contributed by atoms with van der Waals surface area (Å²) in [5.74, 6) is 0. The molecule has 0 unspecified atom stereocenters. The van der Waals surface area contributed by atoms with Crippen LogP contribution in [0.2, 0.25) is 0 Å². The van der Waals surface area contributed by atoms with Crippen molar-refractivity contribution in [2.75, 3.05) is 6.54 Å². The summed E-state index contributed by atoms with van der Waals surface area (Å²) in [6.07, 6.45) is 0. The Labute approximate surface area is 88.8 Å². The molecular weight excluding hydrogens is 212 g/mol. The standard InChI is InChI=1S/C10H10N2O2S/c1-2-12-10(8-11)15(13,14)9-6-4-3-5-7-9/h3-7H,2H2,1H3/b12-10+. The average molecular weight is 222 g/mol. The molecule has 0 saturated carbocycles. The summed E-state index contributed by atoms with van der Waals surface area (Å²) < 4.78 is 23.6. The molecule has 0 atom stereocenters. The summed E-state index contributed by atoms with van der Waals surface area (Å²) in [7, 11) is -3.72. The van der Waals surface area contributed by atoms with Crippen LogP contribution in [0.3, 0.4) is 0 Å². The number of hydrogen-bond donors (Lipinski definition) is 0. The molecule has 1 rings (SSSR count). The van der Waals surface area contributed by atoms with Crippen molar-refractivity contribution in [1.82, 2.24) is 0 Å². The topological polar surface area (TPSA) is 70.3 Å². The zero-order chi connectivity index (χ0) is 11.3. The highest BCUT2D eigenvalue weighted by Crippen LogP contribution is 2.11. The molecule has 0 aromatic heterocycles. The second-order valence-corrected chi connectivity index (χ2v) is 4.57. The van der Waals surface area contributed by atoms with Crippen LogP contribution in [0.4, 0.5) is 0 Å². The van der Waals surface area contributed by atoms with Gasteiger partial charge in [-0.3, -0.25) is 4.99 Å². The van der Waals surface area contributed by atoms with Crippen molar-refractivity contribution in [1.29, 1.82) is 5.26 Å². The molecule has 0 amide bonds. The zero-order valence-corrected chi connectivity index (χ0v) is 9.03. The van der Waals surface area contributed by atoms with Crippen LogP contribution < -0.4 is 0 Å². The maximum atomic E-state index is 11.8. The number of rotatable bonds is 2. The molecule has 0 fully saturated rings. The van der Waals surface area contributed by atoms with E-state index in [0.29, 0.717) is 0 Å². The Morgan fingerprint density at radius 2 is 2.00 bits per heavy atom. The smallest absolute Gasteiger partial charge is 0.233 e. The van der Waals surface area contributed by atoms with Crippen LogP contribution in [-0.4, -0.2) is 20.0 Å². The third kappa shape index (κ3) is 2.42. The third-order valence-electron chi connectivity index (χ3n) is 1.71. The molecule has 0 spiro atoms. The van der Waals surface area contributed by atoms with Crippen molar-refractivity contribution in [3.8, 4) is 6.07 Å². The summed E-state index contributed by atoms with van der Waals surface area (Å²) >= 11 is 0. The van der Waals surface area contributed by atoms with Gasteiger partial charge in [-0.25, -0.2) is 8.42 Å².